The van der Waals surface area contributed by atoms with Gasteiger partial charge in [0.15, 0.2) is 0 Å². The van der Waals surface area contributed by atoms with E-state index < -0.39 is 0 Å². The molecule has 2 aromatic rings. The lowest BCUT2D eigenvalue weighted by molar-refractivity contribution is 0.0603. The second-order valence-electron chi connectivity index (χ2n) is 4.62. The van der Waals surface area contributed by atoms with Crippen molar-refractivity contribution in [2.75, 3.05) is 7.11 Å². The highest BCUT2D eigenvalue weighted by molar-refractivity contribution is 6.04. The topological polar surface area (TPSA) is 48.4 Å². The Morgan fingerprint density at radius 2 is 2.05 bits per heavy atom. The third-order valence-corrected chi connectivity index (χ3v) is 2.70. The number of carbonyl (C=O) groups excluding carboxylic acids is 1. The molecule has 0 saturated heterocycles. The molecule has 0 fully saturated rings. The molecule has 0 amide bonds. The first-order valence-corrected chi connectivity index (χ1v) is 6.18. The number of rotatable bonds is 3. The zero-order valence-electron chi connectivity index (χ0n) is 11.6. The largest absolute Gasteiger partial charge is 0.489 e. The number of aryl methyl sites for hydroxylation is 1. The molecule has 19 heavy (non-hydrogen) atoms. The van der Waals surface area contributed by atoms with Gasteiger partial charge in [0.25, 0.3) is 0 Å². The Labute approximate surface area is 112 Å². The number of methoxy groups -OCH3 is 1. The van der Waals surface area contributed by atoms with Crippen LogP contribution in [0, 0.1) is 6.92 Å². The second kappa shape index (κ2) is 5.26. The van der Waals surface area contributed by atoms with Crippen molar-refractivity contribution in [1.82, 2.24) is 4.98 Å². The number of hydrogen-bond donors (Lipinski definition) is 0. The summed E-state index contributed by atoms with van der Waals surface area (Å²) in [5.41, 5.74) is 1.96. The maximum absolute atomic E-state index is 11.8. The van der Waals surface area contributed by atoms with E-state index in [2.05, 4.69) is 4.98 Å². The molecule has 100 valence electrons. The van der Waals surface area contributed by atoms with Gasteiger partial charge in [-0.05, 0) is 32.9 Å². The molecule has 0 atom stereocenters. The SMILES string of the molecule is COC(=O)c1cc(C)nc2c(OC(C)C)cccc12. The summed E-state index contributed by atoms with van der Waals surface area (Å²) >= 11 is 0. The molecule has 0 saturated carbocycles. The predicted molar refractivity (Wildman–Crippen MR) is 73.6 cm³/mol. The van der Waals surface area contributed by atoms with Crippen LogP contribution in [-0.4, -0.2) is 24.2 Å². The molecular weight excluding hydrogens is 242 g/mol. The number of nitrogens with zero attached hydrogens (tertiary/aromatic N) is 1. The van der Waals surface area contributed by atoms with Crippen molar-refractivity contribution in [1.29, 1.82) is 0 Å². The van der Waals surface area contributed by atoms with E-state index in [4.69, 9.17) is 9.47 Å². The number of aromatic nitrogens is 1. The number of fused-ring (bicyclic) bond motifs is 1. The van der Waals surface area contributed by atoms with Crippen molar-refractivity contribution in [2.24, 2.45) is 0 Å². The molecule has 0 unspecified atom stereocenters. The van der Waals surface area contributed by atoms with Gasteiger partial charge < -0.3 is 9.47 Å². The van der Waals surface area contributed by atoms with Gasteiger partial charge >= 0.3 is 5.97 Å². The highest BCUT2D eigenvalue weighted by atomic mass is 16.5. The van der Waals surface area contributed by atoms with Gasteiger partial charge in [0.1, 0.15) is 11.3 Å². The molecule has 0 radical (unpaired) electrons. The smallest absolute Gasteiger partial charge is 0.338 e. The van der Waals surface area contributed by atoms with Crippen molar-refractivity contribution in [3.05, 3.63) is 35.5 Å². The Balaban J connectivity index is 2.69. The van der Waals surface area contributed by atoms with Crippen LogP contribution in [0.15, 0.2) is 24.3 Å². The van der Waals surface area contributed by atoms with E-state index in [0.717, 1.165) is 11.1 Å². The lowest BCUT2D eigenvalue weighted by atomic mass is 10.1. The first-order valence-electron chi connectivity index (χ1n) is 6.18. The maximum Gasteiger partial charge on any atom is 0.338 e. The minimum Gasteiger partial charge on any atom is -0.489 e. The van der Waals surface area contributed by atoms with Crippen LogP contribution in [0.2, 0.25) is 0 Å². The summed E-state index contributed by atoms with van der Waals surface area (Å²) < 4.78 is 10.5. The van der Waals surface area contributed by atoms with Crippen molar-refractivity contribution < 1.29 is 14.3 Å². The normalized spacial score (nSPS) is 10.8. The summed E-state index contributed by atoms with van der Waals surface area (Å²) in [6, 6.07) is 7.29. The quantitative estimate of drug-likeness (QED) is 0.795. The highest BCUT2D eigenvalue weighted by Crippen LogP contribution is 2.28. The molecule has 1 aromatic carbocycles. The molecule has 0 aliphatic carbocycles. The molecule has 0 aliphatic rings. The van der Waals surface area contributed by atoms with Crippen LogP contribution in [0.25, 0.3) is 10.9 Å². The molecule has 4 heteroatoms. The van der Waals surface area contributed by atoms with E-state index in [1.165, 1.54) is 7.11 Å². The van der Waals surface area contributed by atoms with Gasteiger partial charge in [0.05, 0.1) is 18.8 Å². The Kier molecular flexibility index (Phi) is 3.69. The number of para-hydroxylation sites is 1. The first-order chi connectivity index (χ1) is 9.02. The van der Waals surface area contributed by atoms with E-state index in [0.29, 0.717) is 16.8 Å². The van der Waals surface area contributed by atoms with Crippen LogP contribution in [0.3, 0.4) is 0 Å². The van der Waals surface area contributed by atoms with Gasteiger partial charge in [0, 0.05) is 11.1 Å². The molecule has 0 aliphatic heterocycles. The van der Waals surface area contributed by atoms with E-state index in [1.54, 1.807) is 6.07 Å². The minimum atomic E-state index is -0.364. The fraction of sp³-hybridized carbons (Fsp3) is 0.333. The average Bonchev–Trinajstić information content (AvgIpc) is 2.37. The molecule has 1 heterocycles. The van der Waals surface area contributed by atoms with Crippen LogP contribution in [0.5, 0.6) is 5.75 Å². The van der Waals surface area contributed by atoms with E-state index in [1.807, 2.05) is 39.0 Å². The molecular formula is C15H17NO3. The van der Waals surface area contributed by atoms with Crippen LogP contribution in [-0.2, 0) is 4.74 Å². The zero-order valence-corrected chi connectivity index (χ0v) is 11.6. The zero-order chi connectivity index (χ0) is 14.0. The summed E-state index contributed by atoms with van der Waals surface area (Å²) in [5.74, 6) is 0.318. The van der Waals surface area contributed by atoms with Crippen LogP contribution >= 0.6 is 0 Å². The monoisotopic (exact) mass is 259 g/mol. The molecule has 4 nitrogen and oxygen atoms in total. The third kappa shape index (κ3) is 2.67. The average molecular weight is 259 g/mol. The molecule has 0 bridgehead atoms. The van der Waals surface area contributed by atoms with Crippen molar-refractivity contribution in [3.8, 4) is 5.75 Å². The third-order valence-electron chi connectivity index (χ3n) is 2.70. The summed E-state index contributed by atoms with van der Waals surface area (Å²) in [7, 11) is 1.37. The molecule has 2 rings (SSSR count). The lowest BCUT2D eigenvalue weighted by Gasteiger charge is -2.13. The summed E-state index contributed by atoms with van der Waals surface area (Å²) in [4.78, 5) is 16.3. The summed E-state index contributed by atoms with van der Waals surface area (Å²) in [6.45, 7) is 5.75. The van der Waals surface area contributed by atoms with E-state index in [-0.39, 0.29) is 12.1 Å². The number of benzene rings is 1. The molecule has 1 aromatic heterocycles. The van der Waals surface area contributed by atoms with E-state index >= 15 is 0 Å². The molecule has 0 N–H and O–H groups in total. The van der Waals surface area contributed by atoms with Crippen LogP contribution in [0.4, 0.5) is 0 Å². The van der Waals surface area contributed by atoms with E-state index in [9.17, 15) is 4.79 Å². The fourth-order valence-corrected chi connectivity index (χ4v) is 1.98. The Bertz CT molecular complexity index is 620. The van der Waals surface area contributed by atoms with Gasteiger partial charge in [-0.25, -0.2) is 9.78 Å². The summed E-state index contributed by atoms with van der Waals surface area (Å²) in [5, 5.41) is 0.746. The predicted octanol–water partition coefficient (Wildman–Crippen LogP) is 3.12. The highest BCUT2D eigenvalue weighted by Gasteiger charge is 2.15. The number of pyridine rings is 1. The number of ether oxygens (including phenoxy) is 2. The van der Waals surface area contributed by atoms with Crippen LogP contribution < -0.4 is 4.74 Å². The van der Waals surface area contributed by atoms with Crippen molar-refractivity contribution in [2.45, 2.75) is 26.9 Å². The number of esters is 1. The Hall–Kier alpha value is -2.10. The Morgan fingerprint density at radius 1 is 1.32 bits per heavy atom. The van der Waals surface area contributed by atoms with Gasteiger partial charge in [-0.2, -0.15) is 0 Å². The number of hydrogen-bond acceptors (Lipinski definition) is 4. The lowest BCUT2D eigenvalue weighted by Crippen LogP contribution is -2.08. The minimum absolute atomic E-state index is 0.0505. The van der Waals surface area contributed by atoms with Gasteiger partial charge in [-0.3, -0.25) is 0 Å². The van der Waals surface area contributed by atoms with Gasteiger partial charge in [-0.15, -0.1) is 0 Å². The number of carbonyl (C=O) groups is 1. The fourth-order valence-electron chi connectivity index (χ4n) is 1.98. The van der Waals surface area contributed by atoms with Gasteiger partial charge in [-0.1, -0.05) is 12.1 Å². The van der Waals surface area contributed by atoms with Crippen LogP contribution in [0.1, 0.15) is 29.9 Å². The molecule has 0 spiro atoms. The maximum atomic E-state index is 11.8. The summed E-state index contributed by atoms with van der Waals surface area (Å²) in [6.07, 6.45) is 0.0505. The Morgan fingerprint density at radius 3 is 2.68 bits per heavy atom. The van der Waals surface area contributed by atoms with Crippen molar-refractivity contribution in [3.63, 3.8) is 0 Å². The van der Waals surface area contributed by atoms with Crippen molar-refractivity contribution >= 4 is 16.9 Å². The first kappa shape index (κ1) is 13.3. The second-order valence-corrected chi connectivity index (χ2v) is 4.62. The standard InChI is InChI=1S/C15H17NO3/c1-9(2)19-13-7-5-6-11-12(15(17)18-4)8-10(3)16-14(11)13/h5-9H,1-4H3. The van der Waals surface area contributed by atoms with Gasteiger partial charge in [0.2, 0.25) is 0 Å².